The topological polar surface area (TPSA) is 81.4 Å². The average molecular weight is 383 g/mol. The minimum absolute atomic E-state index is 0.207. The maximum Gasteiger partial charge on any atom is 0.240 e. The molecule has 0 aliphatic carbocycles. The zero-order chi connectivity index (χ0) is 18.1. The summed E-state index contributed by atoms with van der Waals surface area (Å²) in [5, 5.41) is 0.504. The number of rotatable bonds is 10. The fourth-order valence-corrected chi connectivity index (χ4v) is 3.37. The molecule has 0 radical (unpaired) electrons. The van der Waals surface area contributed by atoms with Crippen LogP contribution in [0.25, 0.3) is 0 Å². The Balaban J connectivity index is 1.80. The van der Waals surface area contributed by atoms with Crippen LogP contribution in [0.5, 0.6) is 5.75 Å². The number of halogens is 1. The number of nitrogens with one attached hydrogen (secondary N) is 1. The first-order valence-corrected chi connectivity index (χ1v) is 10.0. The molecule has 3 N–H and O–H groups in total. The number of benzene rings is 2. The lowest BCUT2D eigenvalue weighted by atomic mass is 10.1. The van der Waals surface area contributed by atoms with Crippen LogP contribution in [0.15, 0.2) is 53.4 Å². The quantitative estimate of drug-likeness (QED) is 0.619. The largest absolute Gasteiger partial charge is 0.494 e. The van der Waals surface area contributed by atoms with Gasteiger partial charge in [0.15, 0.2) is 0 Å². The predicted octanol–water partition coefficient (Wildman–Crippen LogP) is 2.98. The van der Waals surface area contributed by atoms with Crippen LogP contribution >= 0.6 is 11.6 Å². The molecule has 136 valence electrons. The zero-order valence-corrected chi connectivity index (χ0v) is 15.5. The highest BCUT2D eigenvalue weighted by Crippen LogP contribution is 2.15. The van der Waals surface area contributed by atoms with Gasteiger partial charge in [-0.05, 0) is 67.8 Å². The maximum absolute atomic E-state index is 12.2. The summed E-state index contributed by atoms with van der Waals surface area (Å²) in [5.74, 6) is 0.808. The van der Waals surface area contributed by atoms with Crippen molar-refractivity contribution in [1.29, 1.82) is 0 Å². The van der Waals surface area contributed by atoms with Gasteiger partial charge in [-0.3, -0.25) is 0 Å². The molecule has 2 aromatic carbocycles. The number of unbranched alkanes of at least 4 members (excludes halogenated alkanes) is 1. The first-order valence-electron chi connectivity index (χ1n) is 8.18. The van der Waals surface area contributed by atoms with E-state index in [0.717, 1.165) is 24.2 Å². The van der Waals surface area contributed by atoms with Crippen molar-refractivity contribution in [2.45, 2.75) is 24.2 Å². The van der Waals surface area contributed by atoms with E-state index in [-0.39, 0.29) is 4.90 Å². The molecule has 0 amide bonds. The zero-order valence-electron chi connectivity index (χ0n) is 13.9. The Bertz CT molecular complexity index is 747. The average Bonchev–Trinajstić information content (AvgIpc) is 2.60. The van der Waals surface area contributed by atoms with Crippen molar-refractivity contribution in [3.05, 3.63) is 59.1 Å². The van der Waals surface area contributed by atoms with Gasteiger partial charge < -0.3 is 10.5 Å². The van der Waals surface area contributed by atoms with E-state index in [1.165, 1.54) is 12.1 Å². The van der Waals surface area contributed by atoms with Crippen LogP contribution in [0.2, 0.25) is 5.02 Å². The Labute approximate surface area is 154 Å². The molecule has 0 fully saturated rings. The molecular formula is C18H23ClN2O3S. The Kier molecular flexibility index (Phi) is 7.71. The molecule has 25 heavy (non-hydrogen) atoms. The highest BCUT2D eigenvalue weighted by atomic mass is 35.5. The van der Waals surface area contributed by atoms with Crippen LogP contribution in [-0.4, -0.2) is 28.1 Å². The summed E-state index contributed by atoms with van der Waals surface area (Å²) in [7, 11) is -3.52. The summed E-state index contributed by atoms with van der Waals surface area (Å²) in [6.45, 7) is 1.65. The highest BCUT2D eigenvalue weighted by molar-refractivity contribution is 7.89. The van der Waals surface area contributed by atoms with E-state index in [2.05, 4.69) is 4.72 Å². The normalized spacial score (nSPS) is 11.4. The number of nitrogens with two attached hydrogens (primary N) is 1. The summed E-state index contributed by atoms with van der Waals surface area (Å²) in [6, 6.07) is 13.8. The molecular weight excluding hydrogens is 360 g/mol. The third-order valence-electron chi connectivity index (χ3n) is 3.62. The predicted molar refractivity (Wildman–Crippen MR) is 101 cm³/mol. The monoisotopic (exact) mass is 382 g/mol. The Morgan fingerprint density at radius 1 is 1.00 bits per heavy atom. The third-order valence-corrected chi connectivity index (χ3v) is 5.35. The maximum atomic E-state index is 12.2. The van der Waals surface area contributed by atoms with Gasteiger partial charge in [0.05, 0.1) is 11.5 Å². The first kappa shape index (κ1) is 19.7. The standard InChI is InChI=1S/C18H23ClN2O3S/c19-16-5-9-18(10-6-16)25(22,23)21-13-11-15-3-7-17(8-4-15)24-14-2-1-12-20/h3-10,21H,1-2,11-14,20H2. The third kappa shape index (κ3) is 6.66. The number of ether oxygens (including phenoxy) is 1. The van der Waals surface area contributed by atoms with E-state index in [1.807, 2.05) is 24.3 Å². The summed E-state index contributed by atoms with van der Waals surface area (Å²) in [5.41, 5.74) is 6.47. The lowest BCUT2D eigenvalue weighted by Crippen LogP contribution is -2.25. The van der Waals surface area contributed by atoms with Crippen molar-refractivity contribution in [3.63, 3.8) is 0 Å². The Morgan fingerprint density at radius 3 is 2.32 bits per heavy atom. The second-order valence-corrected chi connectivity index (χ2v) is 7.79. The first-order chi connectivity index (χ1) is 12.0. The molecule has 2 rings (SSSR count). The Hall–Kier alpha value is -1.60. The van der Waals surface area contributed by atoms with Gasteiger partial charge in [-0.2, -0.15) is 0 Å². The van der Waals surface area contributed by atoms with Gasteiger partial charge in [0.2, 0.25) is 10.0 Å². The van der Waals surface area contributed by atoms with Crippen molar-refractivity contribution in [2.75, 3.05) is 19.7 Å². The van der Waals surface area contributed by atoms with E-state index in [1.54, 1.807) is 12.1 Å². The molecule has 0 saturated heterocycles. The number of sulfonamides is 1. The van der Waals surface area contributed by atoms with Crippen LogP contribution < -0.4 is 15.2 Å². The van der Waals surface area contributed by atoms with Gasteiger partial charge in [0.25, 0.3) is 0 Å². The fourth-order valence-electron chi connectivity index (χ4n) is 2.22. The molecule has 0 bridgehead atoms. The number of hydrogen-bond donors (Lipinski definition) is 2. The van der Waals surface area contributed by atoms with E-state index in [4.69, 9.17) is 22.1 Å². The molecule has 0 atom stereocenters. The van der Waals surface area contributed by atoms with E-state index >= 15 is 0 Å². The lowest BCUT2D eigenvalue weighted by molar-refractivity contribution is 0.308. The van der Waals surface area contributed by atoms with Crippen molar-refractivity contribution < 1.29 is 13.2 Å². The lowest BCUT2D eigenvalue weighted by Gasteiger charge is -2.08. The molecule has 0 heterocycles. The van der Waals surface area contributed by atoms with E-state index in [9.17, 15) is 8.42 Å². The minimum atomic E-state index is -3.52. The SMILES string of the molecule is NCCCCOc1ccc(CCNS(=O)(=O)c2ccc(Cl)cc2)cc1. The van der Waals surface area contributed by atoms with Crippen LogP contribution in [0.1, 0.15) is 18.4 Å². The van der Waals surface area contributed by atoms with Gasteiger partial charge in [-0.25, -0.2) is 13.1 Å². The Morgan fingerprint density at radius 2 is 1.68 bits per heavy atom. The fraction of sp³-hybridized carbons (Fsp3) is 0.333. The van der Waals surface area contributed by atoms with Crippen LogP contribution in [0.3, 0.4) is 0 Å². The van der Waals surface area contributed by atoms with Crippen molar-refractivity contribution in [3.8, 4) is 5.75 Å². The molecule has 7 heteroatoms. The van der Waals surface area contributed by atoms with Crippen molar-refractivity contribution in [1.82, 2.24) is 4.72 Å². The minimum Gasteiger partial charge on any atom is -0.494 e. The van der Waals surface area contributed by atoms with Gasteiger partial charge in [0, 0.05) is 11.6 Å². The van der Waals surface area contributed by atoms with Gasteiger partial charge in [0.1, 0.15) is 5.75 Å². The van der Waals surface area contributed by atoms with Crippen molar-refractivity contribution >= 4 is 21.6 Å². The summed E-state index contributed by atoms with van der Waals surface area (Å²) in [4.78, 5) is 0.207. The molecule has 0 aromatic heterocycles. The summed E-state index contributed by atoms with van der Waals surface area (Å²) < 4.78 is 32.6. The summed E-state index contributed by atoms with van der Waals surface area (Å²) >= 11 is 5.78. The summed E-state index contributed by atoms with van der Waals surface area (Å²) in [6.07, 6.45) is 2.48. The highest BCUT2D eigenvalue weighted by Gasteiger charge is 2.12. The molecule has 0 spiro atoms. The molecule has 0 aliphatic rings. The molecule has 0 saturated carbocycles. The van der Waals surface area contributed by atoms with Crippen LogP contribution in [0.4, 0.5) is 0 Å². The second kappa shape index (κ2) is 9.77. The van der Waals surface area contributed by atoms with Gasteiger partial charge in [-0.1, -0.05) is 23.7 Å². The number of hydrogen-bond acceptors (Lipinski definition) is 4. The van der Waals surface area contributed by atoms with E-state index < -0.39 is 10.0 Å². The second-order valence-electron chi connectivity index (χ2n) is 5.59. The smallest absolute Gasteiger partial charge is 0.240 e. The molecule has 0 aliphatic heterocycles. The van der Waals surface area contributed by atoms with Gasteiger partial charge in [-0.15, -0.1) is 0 Å². The molecule has 2 aromatic rings. The van der Waals surface area contributed by atoms with Gasteiger partial charge >= 0.3 is 0 Å². The van der Waals surface area contributed by atoms with Crippen LogP contribution in [-0.2, 0) is 16.4 Å². The van der Waals surface area contributed by atoms with E-state index in [0.29, 0.717) is 31.1 Å². The molecule has 5 nitrogen and oxygen atoms in total. The van der Waals surface area contributed by atoms with Crippen molar-refractivity contribution in [2.24, 2.45) is 5.73 Å². The molecule has 0 unspecified atom stereocenters. The van der Waals surface area contributed by atoms with Crippen LogP contribution in [0, 0.1) is 0 Å².